The third-order valence-corrected chi connectivity index (χ3v) is 3.49. The summed E-state index contributed by atoms with van der Waals surface area (Å²) in [6.45, 7) is 0. The van der Waals surface area contributed by atoms with E-state index >= 15 is 0 Å². The number of aromatic nitrogens is 1. The Morgan fingerprint density at radius 2 is 1.50 bits per heavy atom. The number of aromatic hydroxyl groups is 1. The van der Waals surface area contributed by atoms with Crippen LogP contribution in [0.4, 0.5) is 17.1 Å². The molecular formula is C16H12N4O8. The number of nitro benzene ring substituents is 3. The van der Waals surface area contributed by atoms with Gasteiger partial charge in [0.25, 0.3) is 11.4 Å². The molecule has 1 N–H and O–H groups in total. The van der Waals surface area contributed by atoms with Crippen LogP contribution in [-0.2, 0) is 0 Å². The maximum absolute atomic E-state index is 10.4. The Bertz CT molecular complexity index is 1030. The van der Waals surface area contributed by atoms with Crippen molar-refractivity contribution in [3.05, 3.63) is 79.0 Å². The van der Waals surface area contributed by atoms with E-state index in [9.17, 15) is 30.3 Å². The van der Waals surface area contributed by atoms with Crippen molar-refractivity contribution in [2.75, 3.05) is 7.11 Å². The van der Waals surface area contributed by atoms with Gasteiger partial charge < -0.3 is 9.84 Å². The van der Waals surface area contributed by atoms with Crippen LogP contribution < -0.4 is 4.74 Å². The topological polar surface area (TPSA) is 172 Å². The molecule has 1 aromatic heterocycles. The molecule has 0 saturated heterocycles. The maximum atomic E-state index is 10.4. The zero-order chi connectivity index (χ0) is 20.8. The molecule has 0 aliphatic rings. The van der Waals surface area contributed by atoms with E-state index in [-0.39, 0.29) is 0 Å². The van der Waals surface area contributed by atoms with Gasteiger partial charge in [-0.25, -0.2) is 4.98 Å². The minimum Gasteiger partial charge on any atom is -0.497 e. The second-order valence-corrected chi connectivity index (χ2v) is 5.15. The molecule has 0 fully saturated rings. The summed E-state index contributed by atoms with van der Waals surface area (Å²) in [5.41, 5.74) is -3.00. The molecule has 3 aromatic rings. The molecule has 12 nitrogen and oxygen atoms in total. The lowest BCUT2D eigenvalue weighted by Gasteiger charge is -2.01. The zero-order valence-electron chi connectivity index (χ0n) is 14.2. The lowest BCUT2D eigenvalue weighted by atomic mass is 10.2. The molecule has 0 atom stereocenters. The fraction of sp³-hybridized carbons (Fsp3) is 0.0625. The normalized spacial score (nSPS) is 9.89. The van der Waals surface area contributed by atoms with Crippen molar-refractivity contribution in [3.8, 4) is 11.6 Å². The molecule has 0 radical (unpaired) electrons. The third-order valence-electron chi connectivity index (χ3n) is 3.49. The molecule has 2 aromatic carbocycles. The Hall–Kier alpha value is -4.35. The molecule has 0 spiro atoms. The van der Waals surface area contributed by atoms with Crippen molar-refractivity contribution < 1.29 is 24.6 Å². The number of hydrogen-bond acceptors (Lipinski definition) is 9. The largest absolute Gasteiger partial charge is 0.497 e. The first-order valence-electron chi connectivity index (χ1n) is 7.44. The van der Waals surface area contributed by atoms with Crippen LogP contribution in [0, 0.1) is 30.3 Å². The molecule has 144 valence electrons. The van der Waals surface area contributed by atoms with Gasteiger partial charge in [0.05, 0.1) is 34.0 Å². The van der Waals surface area contributed by atoms with Crippen molar-refractivity contribution in [3.63, 3.8) is 0 Å². The first kappa shape index (κ1) is 20.0. The Morgan fingerprint density at radius 3 is 2.00 bits per heavy atom. The summed E-state index contributed by atoms with van der Waals surface area (Å²) in [5, 5.41) is 42.4. The van der Waals surface area contributed by atoms with Gasteiger partial charge in [-0.3, -0.25) is 30.3 Å². The number of phenolic OH excluding ortho intramolecular Hbond substituents is 1. The molecular weight excluding hydrogens is 376 g/mol. The summed E-state index contributed by atoms with van der Waals surface area (Å²) >= 11 is 0. The highest BCUT2D eigenvalue weighted by molar-refractivity contribution is 5.86. The van der Waals surface area contributed by atoms with Gasteiger partial charge in [0.15, 0.2) is 0 Å². The SMILES string of the molecule is COc1nccc2ccccc12.O=[N+]([O-])c1cc([N+](=O)[O-])c(O)c([N+](=O)[O-])c1. The number of hydrogen-bond donors (Lipinski definition) is 1. The van der Waals surface area contributed by atoms with Gasteiger partial charge in [-0.1, -0.05) is 18.2 Å². The minimum absolute atomic E-state index is 0.447. The van der Waals surface area contributed by atoms with Crippen LogP contribution in [0.1, 0.15) is 0 Å². The summed E-state index contributed by atoms with van der Waals surface area (Å²) in [7, 11) is 1.63. The minimum atomic E-state index is -1.21. The molecule has 12 heteroatoms. The van der Waals surface area contributed by atoms with Crippen LogP contribution in [0.3, 0.4) is 0 Å². The Labute approximate surface area is 156 Å². The molecule has 0 amide bonds. The van der Waals surface area contributed by atoms with Crippen molar-refractivity contribution >= 4 is 27.8 Å². The second kappa shape index (κ2) is 8.35. The van der Waals surface area contributed by atoms with Crippen molar-refractivity contribution in [2.24, 2.45) is 0 Å². The Kier molecular flexibility index (Phi) is 5.96. The number of rotatable bonds is 4. The van der Waals surface area contributed by atoms with Crippen molar-refractivity contribution in [1.82, 2.24) is 4.98 Å². The summed E-state index contributed by atoms with van der Waals surface area (Å²) in [5.74, 6) is -0.520. The van der Waals surface area contributed by atoms with Crippen molar-refractivity contribution in [1.29, 1.82) is 0 Å². The number of fused-ring (bicyclic) bond motifs is 1. The van der Waals surface area contributed by atoms with Gasteiger partial charge in [0.1, 0.15) is 0 Å². The van der Waals surface area contributed by atoms with Gasteiger partial charge >= 0.3 is 11.4 Å². The lowest BCUT2D eigenvalue weighted by molar-refractivity contribution is -0.404. The molecule has 0 unspecified atom stereocenters. The van der Waals surface area contributed by atoms with Crippen LogP contribution in [-0.4, -0.2) is 32.0 Å². The highest BCUT2D eigenvalue weighted by atomic mass is 16.6. The first-order chi connectivity index (χ1) is 13.3. The van der Waals surface area contributed by atoms with Crippen LogP contribution in [0.2, 0.25) is 0 Å². The van der Waals surface area contributed by atoms with Crippen LogP contribution in [0.25, 0.3) is 10.8 Å². The zero-order valence-corrected chi connectivity index (χ0v) is 14.2. The first-order valence-corrected chi connectivity index (χ1v) is 7.44. The van der Waals surface area contributed by atoms with Gasteiger partial charge in [-0.2, -0.15) is 0 Å². The highest BCUT2D eigenvalue weighted by Crippen LogP contribution is 2.38. The van der Waals surface area contributed by atoms with E-state index in [1.165, 1.54) is 0 Å². The maximum Gasteiger partial charge on any atom is 0.324 e. The van der Waals surface area contributed by atoms with Gasteiger partial charge in [0.2, 0.25) is 5.88 Å². The quantitative estimate of drug-likeness (QED) is 0.519. The molecule has 3 rings (SSSR count). The summed E-state index contributed by atoms with van der Waals surface area (Å²) < 4.78 is 5.12. The number of non-ortho nitro benzene ring substituents is 1. The molecule has 0 bridgehead atoms. The monoisotopic (exact) mass is 388 g/mol. The highest BCUT2D eigenvalue weighted by Gasteiger charge is 2.30. The van der Waals surface area contributed by atoms with Gasteiger partial charge in [-0.05, 0) is 17.5 Å². The van der Waals surface area contributed by atoms with Crippen molar-refractivity contribution in [2.45, 2.75) is 0 Å². The predicted octanol–water partition coefficient (Wildman–Crippen LogP) is 3.36. The van der Waals surface area contributed by atoms with E-state index in [0.717, 1.165) is 10.8 Å². The lowest BCUT2D eigenvalue weighted by Crippen LogP contribution is -1.97. The Balaban J connectivity index is 0.000000207. The molecule has 28 heavy (non-hydrogen) atoms. The van der Waals surface area contributed by atoms with Gasteiger partial charge in [-0.15, -0.1) is 0 Å². The second-order valence-electron chi connectivity index (χ2n) is 5.15. The van der Waals surface area contributed by atoms with E-state index in [2.05, 4.69) is 4.98 Å². The number of pyridine rings is 1. The average Bonchev–Trinajstić information content (AvgIpc) is 2.67. The number of nitro groups is 3. The van der Waals surface area contributed by atoms with Crippen LogP contribution >= 0.6 is 0 Å². The Morgan fingerprint density at radius 1 is 0.929 bits per heavy atom. The average molecular weight is 388 g/mol. The molecule has 0 saturated carbocycles. The number of nitrogens with zero attached hydrogens (tertiary/aromatic N) is 4. The van der Waals surface area contributed by atoms with E-state index in [1.54, 1.807) is 13.3 Å². The predicted molar refractivity (Wildman–Crippen MR) is 96.4 cm³/mol. The third kappa shape index (κ3) is 4.24. The van der Waals surface area contributed by atoms with E-state index < -0.39 is 37.6 Å². The summed E-state index contributed by atoms with van der Waals surface area (Å²) in [6.07, 6.45) is 1.75. The summed E-state index contributed by atoms with van der Waals surface area (Å²) in [6, 6.07) is 10.9. The fourth-order valence-electron chi connectivity index (χ4n) is 2.23. The number of methoxy groups -OCH3 is 1. The molecule has 0 aliphatic carbocycles. The molecule has 1 heterocycles. The standard InChI is InChI=1S/C10H9NO.C6H3N3O7/c1-12-10-9-5-3-2-4-8(9)6-7-11-10;10-6-4(8(13)14)1-3(7(11)12)2-5(6)9(15)16/h2-7H,1H3;1-2,10H. The number of benzene rings is 2. The van der Waals surface area contributed by atoms with Gasteiger partial charge in [0, 0.05) is 11.6 Å². The molecule has 0 aliphatic heterocycles. The van der Waals surface area contributed by atoms with E-state index in [0.29, 0.717) is 18.0 Å². The number of ether oxygens (including phenoxy) is 1. The smallest absolute Gasteiger partial charge is 0.324 e. The van der Waals surface area contributed by atoms with Crippen LogP contribution in [0.5, 0.6) is 11.6 Å². The van der Waals surface area contributed by atoms with E-state index in [1.807, 2.05) is 30.3 Å². The summed E-state index contributed by atoms with van der Waals surface area (Å²) in [4.78, 5) is 31.9. The van der Waals surface area contributed by atoms with Crippen LogP contribution in [0.15, 0.2) is 48.7 Å². The van der Waals surface area contributed by atoms with E-state index in [4.69, 9.17) is 9.84 Å². The number of phenols is 1. The fourth-order valence-corrected chi connectivity index (χ4v) is 2.23.